The Bertz CT molecular complexity index is 627. The summed E-state index contributed by atoms with van der Waals surface area (Å²) >= 11 is 0. The highest BCUT2D eigenvalue weighted by molar-refractivity contribution is 7.48. The van der Waals surface area contributed by atoms with Crippen molar-refractivity contribution in [3.63, 3.8) is 0 Å². The van der Waals surface area contributed by atoms with Gasteiger partial charge in [-0.1, -0.05) is 60.7 Å². The SMILES string of the molecule is O=P(OCc1ccccc1)(OCc1ccccc1)OCC1CCCN1. The van der Waals surface area contributed by atoms with Crippen molar-refractivity contribution < 1.29 is 18.1 Å². The molecule has 0 aliphatic carbocycles. The fourth-order valence-corrected chi connectivity index (χ4v) is 3.85. The Morgan fingerprint density at radius 3 is 1.92 bits per heavy atom. The van der Waals surface area contributed by atoms with Gasteiger partial charge in [0.25, 0.3) is 0 Å². The third-order valence-electron chi connectivity index (χ3n) is 4.06. The molecule has 3 rings (SSSR count). The maximum absolute atomic E-state index is 13.0. The van der Waals surface area contributed by atoms with Crippen LogP contribution in [0.3, 0.4) is 0 Å². The van der Waals surface area contributed by atoms with Gasteiger partial charge in [-0.15, -0.1) is 0 Å². The predicted molar refractivity (Wildman–Crippen MR) is 97.0 cm³/mol. The second-order valence-corrected chi connectivity index (χ2v) is 7.72. The number of rotatable bonds is 9. The molecule has 0 spiro atoms. The molecule has 0 radical (unpaired) electrons. The number of phosphoric acid groups is 1. The van der Waals surface area contributed by atoms with E-state index in [2.05, 4.69) is 5.32 Å². The molecular weight excluding hydrogens is 337 g/mol. The van der Waals surface area contributed by atoms with Gasteiger partial charge in [0.15, 0.2) is 0 Å². The van der Waals surface area contributed by atoms with Crippen molar-refractivity contribution in [3.8, 4) is 0 Å². The van der Waals surface area contributed by atoms with Gasteiger partial charge in [-0.3, -0.25) is 13.6 Å². The topological polar surface area (TPSA) is 56.8 Å². The molecule has 1 aliphatic heterocycles. The van der Waals surface area contributed by atoms with E-state index in [1.54, 1.807) is 0 Å². The zero-order valence-electron chi connectivity index (χ0n) is 14.2. The highest BCUT2D eigenvalue weighted by Gasteiger charge is 2.29. The van der Waals surface area contributed by atoms with Gasteiger partial charge in [-0.05, 0) is 30.5 Å². The van der Waals surface area contributed by atoms with Crippen molar-refractivity contribution in [1.29, 1.82) is 0 Å². The molecule has 1 saturated heterocycles. The summed E-state index contributed by atoms with van der Waals surface area (Å²) in [6.07, 6.45) is 2.12. The van der Waals surface area contributed by atoms with Crippen molar-refractivity contribution in [2.24, 2.45) is 0 Å². The summed E-state index contributed by atoms with van der Waals surface area (Å²) < 4.78 is 29.8. The molecular formula is C19H24NO4P. The molecule has 0 aromatic heterocycles. The van der Waals surface area contributed by atoms with E-state index in [1.165, 1.54) is 0 Å². The van der Waals surface area contributed by atoms with Gasteiger partial charge in [0, 0.05) is 6.04 Å². The van der Waals surface area contributed by atoms with E-state index in [-0.39, 0.29) is 19.3 Å². The van der Waals surface area contributed by atoms with Gasteiger partial charge in [0.2, 0.25) is 0 Å². The summed E-state index contributed by atoms with van der Waals surface area (Å²) in [4.78, 5) is 0. The average molecular weight is 361 g/mol. The minimum Gasteiger partial charge on any atom is -0.312 e. The van der Waals surface area contributed by atoms with Gasteiger partial charge >= 0.3 is 7.82 Å². The summed E-state index contributed by atoms with van der Waals surface area (Å²) in [6.45, 7) is 1.66. The third-order valence-corrected chi connectivity index (χ3v) is 5.42. The second-order valence-electron chi connectivity index (χ2n) is 6.05. The Hall–Kier alpha value is -1.49. The standard InChI is InChI=1S/C19H24NO4P/c21-25(24-16-19-12-7-13-20-19,22-14-17-8-3-1-4-9-17)23-15-18-10-5-2-6-11-18/h1-6,8-11,19-20H,7,12-16H2. The monoisotopic (exact) mass is 361 g/mol. The molecule has 6 heteroatoms. The summed E-state index contributed by atoms with van der Waals surface area (Å²) in [5, 5.41) is 3.32. The van der Waals surface area contributed by atoms with E-state index in [1.807, 2.05) is 60.7 Å². The highest BCUT2D eigenvalue weighted by atomic mass is 31.2. The van der Waals surface area contributed by atoms with E-state index in [4.69, 9.17) is 13.6 Å². The van der Waals surface area contributed by atoms with Crippen LogP contribution in [0.1, 0.15) is 24.0 Å². The summed E-state index contributed by atoms with van der Waals surface area (Å²) in [6, 6.07) is 19.4. The predicted octanol–water partition coefficient (Wildman–Crippen LogP) is 4.30. The van der Waals surface area contributed by atoms with Crippen molar-refractivity contribution >= 4 is 7.82 Å². The first-order chi connectivity index (χ1) is 12.2. The van der Waals surface area contributed by atoms with E-state index in [9.17, 15) is 4.57 Å². The first-order valence-electron chi connectivity index (χ1n) is 8.58. The molecule has 0 amide bonds. The van der Waals surface area contributed by atoms with Crippen LogP contribution in [0.25, 0.3) is 0 Å². The number of nitrogens with one attached hydrogen (secondary N) is 1. The Kier molecular flexibility index (Phi) is 6.79. The lowest BCUT2D eigenvalue weighted by molar-refractivity contribution is 0.0967. The van der Waals surface area contributed by atoms with E-state index in [0.717, 1.165) is 30.5 Å². The lowest BCUT2D eigenvalue weighted by Gasteiger charge is -2.20. The Balaban J connectivity index is 1.60. The molecule has 1 heterocycles. The van der Waals surface area contributed by atoms with Crippen LogP contribution in [-0.2, 0) is 31.4 Å². The van der Waals surface area contributed by atoms with Crippen LogP contribution in [0.4, 0.5) is 0 Å². The van der Waals surface area contributed by atoms with E-state index < -0.39 is 7.82 Å². The molecule has 0 saturated carbocycles. The molecule has 1 unspecified atom stereocenters. The van der Waals surface area contributed by atoms with Crippen LogP contribution in [0, 0.1) is 0 Å². The van der Waals surface area contributed by atoms with Crippen LogP contribution in [0.15, 0.2) is 60.7 Å². The van der Waals surface area contributed by atoms with Gasteiger partial charge in [0.1, 0.15) is 0 Å². The third kappa shape index (κ3) is 6.07. The lowest BCUT2D eigenvalue weighted by Crippen LogP contribution is -2.26. The molecule has 1 N–H and O–H groups in total. The van der Waals surface area contributed by atoms with Crippen LogP contribution in [-0.4, -0.2) is 19.2 Å². The molecule has 1 fully saturated rings. The normalized spacial score (nSPS) is 17.7. The van der Waals surface area contributed by atoms with Gasteiger partial charge < -0.3 is 5.32 Å². The zero-order chi connectivity index (χ0) is 17.4. The lowest BCUT2D eigenvalue weighted by atomic mass is 10.2. The smallest absolute Gasteiger partial charge is 0.312 e. The van der Waals surface area contributed by atoms with Gasteiger partial charge in [-0.25, -0.2) is 4.57 Å². The molecule has 1 aliphatic rings. The minimum atomic E-state index is -3.64. The Morgan fingerprint density at radius 1 is 0.880 bits per heavy atom. The average Bonchev–Trinajstić information content (AvgIpc) is 3.19. The quantitative estimate of drug-likeness (QED) is 0.675. The van der Waals surface area contributed by atoms with Gasteiger partial charge in [0.05, 0.1) is 19.8 Å². The maximum Gasteiger partial charge on any atom is 0.475 e. The van der Waals surface area contributed by atoms with Crippen molar-refractivity contribution in [2.45, 2.75) is 32.1 Å². The van der Waals surface area contributed by atoms with Crippen molar-refractivity contribution in [1.82, 2.24) is 5.32 Å². The number of hydrogen-bond acceptors (Lipinski definition) is 5. The van der Waals surface area contributed by atoms with E-state index in [0.29, 0.717) is 6.61 Å². The molecule has 1 atom stereocenters. The van der Waals surface area contributed by atoms with E-state index >= 15 is 0 Å². The molecule has 0 bridgehead atoms. The highest BCUT2D eigenvalue weighted by Crippen LogP contribution is 2.51. The van der Waals surface area contributed by atoms with Crippen LogP contribution in [0.2, 0.25) is 0 Å². The largest absolute Gasteiger partial charge is 0.475 e. The second kappa shape index (κ2) is 9.27. The summed E-state index contributed by atoms with van der Waals surface area (Å²) in [5.74, 6) is 0. The molecule has 134 valence electrons. The summed E-state index contributed by atoms with van der Waals surface area (Å²) in [7, 11) is -3.64. The number of hydrogen-bond donors (Lipinski definition) is 1. The molecule has 5 nitrogen and oxygen atoms in total. The number of benzene rings is 2. The van der Waals surface area contributed by atoms with Crippen LogP contribution < -0.4 is 5.32 Å². The Morgan fingerprint density at radius 2 is 1.44 bits per heavy atom. The maximum atomic E-state index is 13.0. The fraction of sp³-hybridized carbons (Fsp3) is 0.368. The number of phosphoric ester groups is 1. The van der Waals surface area contributed by atoms with Gasteiger partial charge in [-0.2, -0.15) is 0 Å². The first kappa shape index (κ1) is 18.3. The van der Waals surface area contributed by atoms with Crippen LogP contribution in [0.5, 0.6) is 0 Å². The molecule has 2 aromatic carbocycles. The Labute approximate surface area is 148 Å². The summed E-state index contributed by atoms with van der Waals surface area (Å²) in [5.41, 5.74) is 1.85. The van der Waals surface area contributed by atoms with Crippen LogP contribution >= 0.6 is 7.82 Å². The first-order valence-corrected chi connectivity index (χ1v) is 10.0. The molecule has 2 aromatic rings. The van der Waals surface area contributed by atoms with Crippen molar-refractivity contribution in [3.05, 3.63) is 71.8 Å². The van der Waals surface area contributed by atoms with Crippen molar-refractivity contribution in [2.75, 3.05) is 13.2 Å². The minimum absolute atomic E-state index is 0.186. The fourth-order valence-electron chi connectivity index (χ4n) is 2.65. The zero-order valence-corrected chi connectivity index (χ0v) is 15.1. The molecule has 25 heavy (non-hydrogen) atoms.